The molecule has 0 radical (unpaired) electrons. The van der Waals surface area contributed by atoms with Crippen LogP contribution in [-0.2, 0) is 11.4 Å². The first-order valence-electron chi connectivity index (χ1n) is 5.63. The van der Waals surface area contributed by atoms with Crippen LogP contribution in [0.3, 0.4) is 0 Å². The van der Waals surface area contributed by atoms with Crippen LogP contribution in [0.4, 0.5) is 5.69 Å². The molecule has 0 fully saturated rings. The van der Waals surface area contributed by atoms with Gasteiger partial charge in [-0.25, -0.2) is 0 Å². The molecule has 1 amide bonds. The van der Waals surface area contributed by atoms with Gasteiger partial charge in [-0.3, -0.25) is 4.79 Å². The van der Waals surface area contributed by atoms with Crippen LogP contribution in [0.15, 0.2) is 24.3 Å². The van der Waals surface area contributed by atoms with Crippen LogP contribution in [0.2, 0.25) is 0 Å². The number of anilines is 1. The second-order valence-corrected chi connectivity index (χ2v) is 3.88. The minimum atomic E-state index is -0.531. The van der Waals surface area contributed by atoms with Gasteiger partial charge in [0, 0.05) is 5.69 Å². The number of carbonyl (C=O) groups excluding carboxylic acids is 1. The number of nitrogens with two attached hydrogens (primary N) is 2. The summed E-state index contributed by atoms with van der Waals surface area (Å²) in [5.41, 5.74) is 12.5. The monoisotopic (exact) mass is 237 g/mol. The zero-order chi connectivity index (χ0) is 12.7. The van der Waals surface area contributed by atoms with Crippen molar-refractivity contribution in [2.75, 3.05) is 11.9 Å². The Morgan fingerprint density at radius 2 is 2.00 bits per heavy atom. The fourth-order valence-corrected chi connectivity index (χ4v) is 1.40. The van der Waals surface area contributed by atoms with Crippen LogP contribution < -0.4 is 16.8 Å². The number of benzene rings is 1. The highest BCUT2D eigenvalue weighted by Crippen LogP contribution is 2.10. The smallest absolute Gasteiger partial charge is 0.241 e. The number of aliphatic hydroxyl groups is 1. The fourth-order valence-electron chi connectivity index (χ4n) is 1.40. The lowest BCUT2D eigenvalue weighted by Gasteiger charge is -2.11. The summed E-state index contributed by atoms with van der Waals surface area (Å²) >= 11 is 0. The number of hydrogen-bond acceptors (Lipinski definition) is 4. The molecule has 1 unspecified atom stereocenters. The second kappa shape index (κ2) is 7.01. The first kappa shape index (κ1) is 13.6. The zero-order valence-corrected chi connectivity index (χ0v) is 9.73. The predicted octanol–water partition coefficient (Wildman–Crippen LogP) is 0.184. The molecule has 1 aromatic rings. The van der Waals surface area contributed by atoms with Crippen molar-refractivity contribution in [3.8, 4) is 0 Å². The first-order chi connectivity index (χ1) is 8.17. The van der Waals surface area contributed by atoms with E-state index in [0.29, 0.717) is 18.7 Å². The number of carbonyl (C=O) groups is 1. The van der Waals surface area contributed by atoms with E-state index in [1.54, 1.807) is 24.3 Å². The van der Waals surface area contributed by atoms with Crippen molar-refractivity contribution >= 4 is 11.6 Å². The molecule has 0 heterocycles. The zero-order valence-electron chi connectivity index (χ0n) is 9.73. The Bertz CT molecular complexity index is 351. The van der Waals surface area contributed by atoms with Crippen LogP contribution in [0.1, 0.15) is 18.4 Å². The summed E-state index contributed by atoms with van der Waals surface area (Å²) in [6.45, 7) is 0.524. The minimum Gasteiger partial charge on any atom is -0.392 e. The van der Waals surface area contributed by atoms with E-state index in [2.05, 4.69) is 5.32 Å². The molecule has 1 atom stereocenters. The van der Waals surface area contributed by atoms with Gasteiger partial charge >= 0.3 is 0 Å². The Hall–Kier alpha value is -1.43. The molecular weight excluding hydrogens is 218 g/mol. The number of aliphatic hydroxyl groups excluding tert-OH is 1. The molecule has 17 heavy (non-hydrogen) atoms. The lowest BCUT2D eigenvalue weighted by molar-refractivity contribution is -0.117. The Balaban J connectivity index is 2.49. The van der Waals surface area contributed by atoms with Gasteiger partial charge in [0.2, 0.25) is 5.91 Å². The summed E-state index contributed by atoms with van der Waals surface area (Å²) in [4.78, 5) is 11.6. The van der Waals surface area contributed by atoms with E-state index in [-0.39, 0.29) is 12.5 Å². The highest BCUT2D eigenvalue weighted by Gasteiger charge is 2.12. The maximum Gasteiger partial charge on any atom is 0.241 e. The molecule has 1 aromatic carbocycles. The van der Waals surface area contributed by atoms with Crippen LogP contribution in [0, 0.1) is 0 Å². The lowest BCUT2D eigenvalue weighted by Crippen LogP contribution is -2.35. The summed E-state index contributed by atoms with van der Waals surface area (Å²) in [5, 5.41) is 11.6. The molecule has 0 spiro atoms. The van der Waals surface area contributed by atoms with Gasteiger partial charge in [0.05, 0.1) is 12.6 Å². The van der Waals surface area contributed by atoms with E-state index in [4.69, 9.17) is 16.6 Å². The highest BCUT2D eigenvalue weighted by molar-refractivity contribution is 5.94. The van der Waals surface area contributed by atoms with Crippen LogP contribution in [0.5, 0.6) is 0 Å². The van der Waals surface area contributed by atoms with E-state index in [0.717, 1.165) is 12.0 Å². The number of amides is 1. The van der Waals surface area contributed by atoms with E-state index >= 15 is 0 Å². The summed E-state index contributed by atoms with van der Waals surface area (Å²) in [6.07, 6.45) is 1.31. The Morgan fingerprint density at radius 1 is 1.35 bits per heavy atom. The Labute approximate surface area is 101 Å². The number of hydrogen-bond donors (Lipinski definition) is 4. The minimum absolute atomic E-state index is 0.00968. The molecule has 5 heteroatoms. The molecule has 0 aliphatic rings. The molecule has 0 saturated heterocycles. The van der Waals surface area contributed by atoms with E-state index in [1.807, 2.05) is 0 Å². The van der Waals surface area contributed by atoms with Gasteiger partial charge < -0.3 is 21.9 Å². The van der Waals surface area contributed by atoms with Crippen molar-refractivity contribution in [3.05, 3.63) is 29.8 Å². The first-order valence-corrected chi connectivity index (χ1v) is 5.63. The van der Waals surface area contributed by atoms with Gasteiger partial charge in [0.25, 0.3) is 0 Å². The van der Waals surface area contributed by atoms with Crippen molar-refractivity contribution < 1.29 is 9.90 Å². The van der Waals surface area contributed by atoms with Crippen molar-refractivity contribution in [3.63, 3.8) is 0 Å². The fraction of sp³-hybridized carbons (Fsp3) is 0.417. The molecule has 0 aliphatic heterocycles. The van der Waals surface area contributed by atoms with Crippen molar-refractivity contribution in [2.45, 2.75) is 25.5 Å². The summed E-state index contributed by atoms with van der Waals surface area (Å²) < 4.78 is 0. The van der Waals surface area contributed by atoms with Crippen molar-refractivity contribution in [2.24, 2.45) is 11.5 Å². The van der Waals surface area contributed by atoms with Gasteiger partial charge in [-0.1, -0.05) is 12.1 Å². The molecular formula is C12H19N3O2. The standard InChI is InChI=1S/C12H19N3O2/c13-7-1-2-11(14)12(17)15-10-5-3-9(8-16)4-6-10/h3-6,11,16H,1-2,7-8,13-14H2,(H,15,17). The third kappa shape index (κ3) is 4.52. The van der Waals surface area contributed by atoms with E-state index < -0.39 is 6.04 Å². The van der Waals surface area contributed by atoms with Gasteiger partial charge in [0.15, 0.2) is 0 Å². The third-order valence-corrected chi connectivity index (χ3v) is 2.46. The van der Waals surface area contributed by atoms with Crippen molar-refractivity contribution in [1.82, 2.24) is 0 Å². The Morgan fingerprint density at radius 3 is 2.53 bits per heavy atom. The quantitative estimate of drug-likeness (QED) is 0.567. The number of nitrogens with one attached hydrogen (secondary N) is 1. The molecule has 94 valence electrons. The van der Waals surface area contributed by atoms with Crippen LogP contribution >= 0.6 is 0 Å². The van der Waals surface area contributed by atoms with Gasteiger partial charge in [-0.2, -0.15) is 0 Å². The third-order valence-electron chi connectivity index (χ3n) is 2.46. The summed E-state index contributed by atoms with van der Waals surface area (Å²) in [6, 6.07) is 6.44. The van der Waals surface area contributed by atoms with Crippen LogP contribution in [0.25, 0.3) is 0 Å². The van der Waals surface area contributed by atoms with Gasteiger partial charge in [0.1, 0.15) is 0 Å². The van der Waals surface area contributed by atoms with E-state index in [9.17, 15) is 4.79 Å². The average molecular weight is 237 g/mol. The topological polar surface area (TPSA) is 101 Å². The molecule has 0 saturated carbocycles. The molecule has 5 nitrogen and oxygen atoms in total. The van der Waals surface area contributed by atoms with Crippen LogP contribution in [-0.4, -0.2) is 23.6 Å². The molecule has 1 rings (SSSR count). The molecule has 0 bridgehead atoms. The molecule has 0 aliphatic carbocycles. The maximum absolute atomic E-state index is 11.6. The largest absolute Gasteiger partial charge is 0.392 e. The van der Waals surface area contributed by atoms with E-state index in [1.165, 1.54) is 0 Å². The van der Waals surface area contributed by atoms with Crippen molar-refractivity contribution in [1.29, 1.82) is 0 Å². The molecule has 6 N–H and O–H groups in total. The van der Waals surface area contributed by atoms with Gasteiger partial charge in [-0.05, 0) is 37.1 Å². The maximum atomic E-state index is 11.6. The van der Waals surface area contributed by atoms with Gasteiger partial charge in [-0.15, -0.1) is 0 Å². The number of rotatable bonds is 6. The summed E-state index contributed by atoms with van der Waals surface area (Å²) in [7, 11) is 0. The normalized spacial score (nSPS) is 12.2. The molecule has 0 aromatic heterocycles. The SMILES string of the molecule is NCCCC(N)C(=O)Nc1ccc(CO)cc1. The average Bonchev–Trinajstić information content (AvgIpc) is 2.36. The Kier molecular flexibility index (Phi) is 5.62. The second-order valence-electron chi connectivity index (χ2n) is 3.88. The highest BCUT2D eigenvalue weighted by atomic mass is 16.3. The predicted molar refractivity (Wildman–Crippen MR) is 67.3 cm³/mol. The lowest BCUT2D eigenvalue weighted by atomic mass is 10.1. The summed E-state index contributed by atoms with van der Waals surface area (Å²) in [5.74, 6) is -0.213.